The van der Waals surface area contributed by atoms with Gasteiger partial charge in [0.25, 0.3) is 0 Å². The number of hydrogen-bond donors (Lipinski definition) is 0. The Morgan fingerprint density at radius 1 is 1.26 bits per heavy atom. The summed E-state index contributed by atoms with van der Waals surface area (Å²) in [4.78, 5) is 0. The fourth-order valence-corrected chi connectivity index (χ4v) is 2.47. The van der Waals surface area contributed by atoms with Gasteiger partial charge in [-0.1, -0.05) is 32.6 Å². The highest BCUT2D eigenvalue weighted by atomic mass is 28.3. The van der Waals surface area contributed by atoms with Crippen LogP contribution in [0.4, 0.5) is 0 Å². The Labute approximate surface area is 117 Å². The predicted molar refractivity (Wildman–Crippen MR) is 80.1 cm³/mol. The van der Waals surface area contributed by atoms with Crippen molar-refractivity contribution in [3.63, 3.8) is 0 Å². The Bertz CT molecular complexity index is 446. The second kappa shape index (κ2) is 7.32. The molecule has 0 N–H and O–H groups in total. The fraction of sp³-hybridized carbons (Fsp3) is 0.533. The maximum absolute atomic E-state index is 9.04. The molecule has 4 heteroatoms. The fourth-order valence-electron chi connectivity index (χ4n) is 1.71. The van der Waals surface area contributed by atoms with Crippen molar-refractivity contribution >= 4 is 8.07 Å². The molecule has 0 aliphatic carbocycles. The van der Waals surface area contributed by atoms with Crippen molar-refractivity contribution in [3.05, 3.63) is 29.3 Å². The van der Waals surface area contributed by atoms with Gasteiger partial charge in [0, 0.05) is 20.2 Å². The van der Waals surface area contributed by atoms with Gasteiger partial charge in [-0.05, 0) is 24.6 Å². The normalized spacial score (nSPS) is 11.1. The molecular formula is C15H23NO2Si. The summed E-state index contributed by atoms with van der Waals surface area (Å²) in [6.07, 6.45) is 0.786. The van der Waals surface area contributed by atoms with E-state index in [1.165, 1.54) is 0 Å². The van der Waals surface area contributed by atoms with Crippen LogP contribution < -0.4 is 4.74 Å². The molecule has 3 nitrogen and oxygen atoms in total. The SMILES string of the molecule is CCc1c(C#N)cccc1OCOCC[Si](C)(C)C. The van der Waals surface area contributed by atoms with E-state index in [9.17, 15) is 0 Å². The number of hydrogen-bond acceptors (Lipinski definition) is 3. The van der Waals surface area contributed by atoms with Crippen LogP contribution in [0.2, 0.25) is 25.7 Å². The molecule has 0 aliphatic rings. The van der Waals surface area contributed by atoms with Gasteiger partial charge in [-0.25, -0.2) is 0 Å². The lowest BCUT2D eigenvalue weighted by Gasteiger charge is -2.16. The van der Waals surface area contributed by atoms with Gasteiger partial charge in [0.2, 0.25) is 0 Å². The molecule has 0 unspecified atom stereocenters. The molecule has 104 valence electrons. The largest absolute Gasteiger partial charge is 0.467 e. The summed E-state index contributed by atoms with van der Waals surface area (Å²) >= 11 is 0. The van der Waals surface area contributed by atoms with E-state index in [1.807, 2.05) is 25.1 Å². The Hall–Kier alpha value is -1.31. The maximum atomic E-state index is 9.04. The molecule has 0 aromatic heterocycles. The standard InChI is InChI=1S/C15H23NO2Si/c1-5-14-13(11-16)7-6-8-15(14)18-12-17-9-10-19(2,3)4/h6-8H,5,9-10,12H2,1-4H3. The van der Waals surface area contributed by atoms with Crippen molar-refractivity contribution in [1.29, 1.82) is 5.26 Å². The van der Waals surface area contributed by atoms with E-state index < -0.39 is 8.07 Å². The lowest BCUT2D eigenvalue weighted by atomic mass is 10.1. The molecule has 1 aromatic carbocycles. The molecule has 0 aliphatic heterocycles. The van der Waals surface area contributed by atoms with Crippen LogP contribution in [0.3, 0.4) is 0 Å². The topological polar surface area (TPSA) is 42.2 Å². The van der Waals surface area contributed by atoms with Gasteiger partial charge in [-0.2, -0.15) is 5.26 Å². The van der Waals surface area contributed by atoms with Crippen molar-refractivity contribution in [2.75, 3.05) is 13.4 Å². The summed E-state index contributed by atoms with van der Waals surface area (Å²) in [7, 11) is -1.04. The van der Waals surface area contributed by atoms with Crippen LogP contribution >= 0.6 is 0 Å². The van der Waals surface area contributed by atoms with Crippen LogP contribution in [0.25, 0.3) is 0 Å². The molecule has 1 aromatic rings. The zero-order valence-electron chi connectivity index (χ0n) is 12.3. The summed E-state index contributed by atoms with van der Waals surface area (Å²) < 4.78 is 11.1. The van der Waals surface area contributed by atoms with Gasteiger partial charge < -0.3 is 9.47 Å². The average Bonchev–Trinajstić information content (AvgIpc) is 2.36. The van der Waals surface area contributed by atoms with Crippen LogP contribution in [0.1, 0.15) is 18.1 Å². The zero-order chi connectivity index (χ0) is 14.3. The van der Waals surface area contributed by atoms with Crippen molar-refractivity contribution in [3.8, 4) is 11.8 Å². The Morgan fingerprint density at radius 3 is 2.58 bits per heavy atom. The first-order valence-electron chi connectivity index (χ1n) is 6.70. The second-order valence-corrected chi connectivity index (χ2v) is 11.4. The van der Waals surface area contributed by atoms with Crippen molar-refractivity contribution < 1.29 is 9.47 Å². The van der Waals surface area contributed by atoms with E-state index in [4.69, 9.17) is 14.7 Å². The van der Waals surface area contributed by atoms with Gasteiger partial charge in [-0.15, -0.1) is 0 Å². The smallest absolute Gasteiger partial charge is 0.189 e. The van der Waals surface area contributed by atoms with E-state index in [0.717, 1.165) is 30.4 Å². The van der Waals surface area contributed by atoms with E-state index >= 15 is 0 Å². The monoisotopic (exact) mass is 277 g/mol. The van der Waals surface area contributed by atoms with Crippen molar-refractivity contribution in [2.45, 2.75) is 39.0 Å². The summed E-state index contributed by atoms with van der Waals surface area (Å²) in [5.74, 6) is 0.759. The molecule has 19 heavy (non-hydrogen) atoms. The third kappa shape index (κ3) is 5.46. The molecule has 0 saturated carbocycles. The van der Waals surface area contributed by atoms with Crippen molar-refractivity contribution in [2.24, 2.45) is 0 Å². The van der Waals surface area contributed by atoms with Gasteiger partial charge in [-0.3, -0.25) is 0 Å². The van der Waals surface area contributed by atoms with Gasteiger partial charge in [0.1, 0.15) is 5.75 Å². The zero-order valence-corrected chi connectivity index (χ0v) is 13.3. The predicted octanol–water partition coefficient (Wildman–Crippen LogP) is 3.81. The number of nitriles is 1. The minimum atomic E-state index is -1.04. The lowest BCUT2D eigenvalue weighted by Crippen LogP contribution is -2.22. The van der Waals surface area contributed by atoms with Crippen LogP contribution in [0, 0.1) is 11.3 Å². The van der Waals surface area contributed by atoms with Crippen LogP contribution in [-0.2, 0) is 11.2 Å². The minimum absolute atomic E-state index is 0.256. The molecule has 0 spiro atoms. The molecule has 0 amide bonds. The highest BCUT2D eigenvalue weighted by molar-refractivity contribution is 6.76. The molecule has 0 fully saturated rings. The summed E-state index contributed by atoms with van der Waals surface area (Å²) in [5, 5.41) is 9.04. The number of nitrogens with zero attached hydrogens (tertiary/aromatic N) is 1. The highest BCUT2D eigenvalue weighted by Crippen LogP contribution is 2.22. The van der Waals surface area contributed by atoms with Gasteiger partial charge in [0.15, 0.2) is 6.79 Å². The summed E-state index contributed by atoms with van der Waals surface area (Å²) in [5.41, 5.74) is 1.64. The first-order valence-corrected chi connectivity index (χ1v) is 10.4. The average molecular weight is 277 g/mol. The maximum Gasteiger partial charge on any atom is 0.189 e. The summed E-state index contributed by atoms with van der Waals surface area (Å²) in [6.45, 7) is 9.99. The molecule has 1 rings (SSSR count). The summed E-state index contributed by atoms with van der Waals surface area (Å²) in [6, 6.07) is 8.88. The Morgan fingerprint density at radius 2 is 2.00 bits per heavy atom. The first-order chi connectivity index (χ1) is 8.98. The Balaban J connectivity index is 2.48. The molecule has 0 atom stereocenters. The number of ether oxygens (including phenoxy) is 2. The Kier molecular flexibility index (Phi) is 6.06. The highest BCUT2D eigenvalue weighted by Gasteiger charge is 2.12. The minimum Gasteiger partial charge on any atom is -0.467 e. The van der Waals surface area contributed by atoms with E-state index in [-0.39, 0.29) is 6.79 Å². The lowest BCUT2D eigenvalue weighted by molar-refractivity contribution is 0.0215. The van der Waals surface area contributed by atoms with Crippen LogP contribution in [0.15, 0.2) is 18.2 Å². The molecule has 0 saturated heterocycles. The third-order valence-corrected chi connectivity index (χ3v) is 4.61. The second-order valence-electron chi connectivity index (χ2n) is 5.73. The van der Waals surface area contributed by atoms with Crippen molar-refractivity contribution in [1.82, 2.24) is 0 Å². The molecule has 0 radical (unpaired) electrons. The van der Waals surface area contributed by atoms with Crippen LogP contribution in [0.5, 0.6) is 5.75 Å². The van der Waals surface area contributed by atoms with Gasteiger partial charge >= 0.3 is 0 Å². The molecular weight excluding hydrogens is 254 g/mol. The number of benzene rings is 1. The third-order valence-electron chi connectivity index (χ3n) is 2.90. The van der Waals surface area contributed by atoms with E-state index in [2.05, 4.69) is 25.7 Å². The van der Waals surface area contributed by atoms with Crippen LogP contribution in [-0.4, -0.2) is 21.5 Å². The molecule has 0 bridgehead atoms. The molecule has 0 heterocycles. The first kappa shape index (κ1) is 15.7. The van der Waals surface area contributed by atoms with Gasteiger partial charge in [0.05, 0.1) is 11.6 Å². The van der Waals surface area contributed by atoms with E-state index in [0.29, 0.717) is 5.56 Å². The van der Waals surface area contributed by atoms with E-state index in [1.54, 1.807) is 0 Å². The quantitative estimate of drug-likeness (QED) is 0.432. The number of rotatable bonds is 7.